The first-order valence-corrected chi connectivity index (χ1v) is 9.03. The van der Waals surface area contributed by atoms with Crippen molar-refractivity contribution in [2.75, 3.05) is 0 Å². The zero-order chi connectivity index (χ0) is 19.9. The standard InChI is InChI=1S/C23H19F3N2/c1-15-11-12-18(16(2)13-15)14-28-22(17-7-4-3-5-8-17)19-9-6-10-20(21(19)27-28)23(24,25)26/h3-13H,14H2,1-2H3. The predicted octanol–water partition coefficient (Wildman–Crippen LogP) is 6.39. The number of alkyl halides is 3. The molecule has 142 valence electrons. The third-order valence-corrected chi connectivity index (χ3v) is 4.94. The second kappa shape index (κ2) is 6.82. The molecule has 0 spiro atoms. The molecule has 3 aromatic carbocycles. The normalized spacial score (nSPS) is 11.9. The molecule has 0 bridgehead atoms. The van der Waals surface area contributed by atoms with Crippen molar-refractivity contribution in [2.45, 2.75) is 26.6 Å². The van der Waals surface area contributed by atoms with Gasteiger partial charge in [-0.05, 0) is 31.0 Å². The molecule has 4 rings (SSSR count). The lowest BCUT2D eigenvalue weighted by Gasteiger charge is -2.11. The van der Waals surface area contributed by atoms with Gasteiger partial charge < -0.3 is 0 Å². The van der Waals surface area contributed by atoms with Crippen molar-refractivity contribution >= 4 is 10.9 Å². The van der Waals surface area contributed by atoms with Crippen LogP contribution in [0.4, 0.5) is 13.2 Å². The van der Waals surface area contributed by atoms with E-state index in [0.717, 1.165) is 28.3 Å². The highest BCUT2D eigenvalue weighted by molar-refractivity contribution is 5.95. The van der Waals surface area contributed by atoms with Gasteiger partial charge >= 0.3 is 6.18 Å². The zero-order valence-corrected chi connectivity index (χ0v) is 15.6. The molecule has 0 radical (unpaired) electrons. The van der Waals surface area contributed by atoms with E-state index in [0.29, 0.717) is 17.6 Å². The summed E-state index contributed by atoms with van der Waals surface area (Å²) in [6.45, 7) is 4.43. The molecule has 0 N–H and O–H groups in total. The Kier molecular flexibility index (Phi) is 4.46. The van der Waals surface area contributed by atoms with Crippen molar-refractivity contribution in [3.8, 4) is 11.3 Å². The van der Waals surface area contributed by atoms with E-state index in [1.807, 2.05) is 56.3 Å². The highest BCUT2D eigenvalue weighted by atomic mass is 19.4. The molecule has 28 heavy (non-hydrogen) atoms. The van der Waals surface area contributed by atoms with Crippen LogP contribution in [-0.2, 0) is 12.7 Å². The minimum absolute atomic E-state index is 0.0152. The van der Waals surface area contributed by atoms with E-state index in [4.69, 9.17) is 0 Å². The summed E-state index contributed by atoms with van der Waals surface area (Å²) in [5.74, 6) is 0. The lowest BCUT2D eigenvalue weighted by atomic mass is 10.0. The van der Waals surface area contributed by atoms with Crippen LogP contribution in [0.25, 0.3) is 22.2 Å². The maximum absolute atomic E-state index is 13.5. The molecular weight excluding hydrogens is 361 g/mol. The van der Waals surface area contributed by atoms with Crippen molar-refractivity contribution in [2.24, 2.45) is 0 Å². The fourth-order valence-corrected chi connectivity index (χ4v) is 3.58. The summed E-state index contributed by atoms with van der Waals surface area (Å²) in [6, 6.07) is 19.8. The molecule has 1 aromatic heterocycles. The smallest absolute Gasteiger partial charge is 0.259 e. The van der Waals surface area contributed by atoms with Crippen LogP contribution >= 0.6 is 0 Å². The van der Waals surface area contributed by atoms with E-state index in [2.05, 4.69) is 11.2 Å². The molecule has 0 saturated heterocycles. The maximum Gasteiger partial charge on any atom is 0.418 e. The average molecular weight is 380 g/mol. The van der Waals surface area contributed by atoms with Crippen LogP contribution in [0.15, 0.2) is 66.7 Å². The average Bonchev–Trinajstić information content (AvgIpc) is 3.01. The first kappa shape index (κ1) is 18.3. The van der Waals surface area contributed by atoms with Crippen molar-refractivity contribution in [3.63, 3.8) is 0 Å². The van der Waals surface area contributed by atoms with Crippen LogP contribution in [0.2, 0.25) is 0 Å². The zero-order valence-electron chi connectivity index (χ0n) is 15.6. The lowest BCUT2D eigenvalue weighted by Crippen LogP contribution is -2.07. The molecule has 0 aliphatic rings. The van der Waals surface area contributed by atoms with Gasteiger partial charge in [-0.2, -0.15) is 18.3 Å². The maximum atomic E-state index is 13.5. The Bertz CT molecular complexity index is 1140. The number of benzene rings is 3. The number of aryl methyl sites for hydroxylation is 2. The molecule has 0 amide bonds. The topological polar surface area (TPSA) is 17.8 Å². The van der Waals surface area contributed by atoms with Crippen LogP contribution in [0, 0.1) is 13.8 Å². The quantitative estimate of drug-likeness (QED) is 0.403. The van der Waals surface area contributed by atoms with Gasteiger partial charge in [0.2, 0.25) is 0 Å². The first-order valence-electron chi connectivity index (χ1n) is 9.03. The minimum Gasteiger partial charge on any atom is -0.259 e. The number of aromatic nitrogens is 2. The number of nitrogens with zero attached hydrogens (tertiary/aromatic N) is 2. The molecule has 0 fully saturated rings. The number of fused-ring (bicyclic) bond motifs is 1. The number of hydrogen-bond acceptors (Lipinski definition) is 1. The summed E-state index contributed by atoms with van der Waals surface area (Å²) in [5.41, 5.74) is 4.09. The van der Waals surface area contributed by atoms with Gasteiger partial charge in [-0.25, -0.2) is 0 Å². The Balaban J connectivity index is 1.96. The Morgan fingerprint density at radius 2 is 1.64 bits per heavy atom. The van der Waals surface area contributed by atoms with Crippen LogP contribution < -0.4 is 0 Å². The van der Waals surface area contributed by atoms with Crippen LogP contribution in [0.1, 0.15) is 22.3 Å². The highest BCUT2D eigenvalue weighted by Gasteiger charge is 2.34. The van der Waals surface area contributed by atoms with E-state index in [-0.39, 0.29) is 5.52 Å². The molecule has 2 nitrogen and oxygen atoms in total. The lowest BCUT2D eigenvalue weighted by molar-refractivity contribution is -0.136. The van der Waals surface area contributed by atoms with Crippen molar-refractivity contribution in [3.05, 3.63) is 89.0 Å². The fraction of sp³-hybridized carbons (Fsp3) is 0.174. The largest absolute Gasteiger partial charge is 0.418 e. The predicted molar refractivity (Wildman–Crippen MR) is 105 cm³/mol. The van der Waals surface area contributed by atoms with E-state index < -0.39 is 11.7 Å². The van der Waals surface area contributed by atoms with E-state index in [1.165, 1.54) is 6.07 Å². The van der Waals surface area contributed by atoms with Crippen LogP contribution in [-0.4, -0.2) is 9.78 Å². The van der Waals surface area contributed by atoms with Gasteiger partial charge in [0.25, 0.3) is 0 Å². The third kappa shape index (κ3) is 3.28. The minimum atomic E-state index is -4.45. The van der Waals surface area contributed by atoms with E-state index in [9.17, 15) is 13.2 Å². The van der Waals surface area contributed by atoms with Crippen LogP contribution in [0.5, 0.6) is 0 Å². The van der Waals surface area contributed by atoms with Crippen molar-refractivity contribution in [1.29, 1.82) is 0 Å². The van der Waals surface area contributed by atoms with Crippen molar-refractivity contribution < 1.29 is 13.2 Å². The molecule has 0 unspecified atom stereocenters. The van der Waals surface area contributed by atoms with E-state index >= 15 is 0 Å². The summed E-state index contributed by atoms with van der Waals surface area (Å²) in [7, 11) is 0. The summed E-state index contributed by atoms with van der Waals surface area (Å²) in [5, 5.41) is 4.92. The van der Waals surface area contributed by atoms with Gasteiger partial charge in [-0.15, -0.1) is 0 Å². The van der Waals surface area contributed by atoms with Gasteiger partial charge in [0.15, 0.2) is 0 Å². The first-order chi connectivity index (χ1) is 13.3. The van der Waals surface area contributed by atoms with Gasteiger partial charge in [-0.1, -0.05) is 66.2 Å². The molecule has 1 heterocycles. The fourth-order valence-electron chi connectivity index (χ4n) is 3.58. The number of rotatable bonds is 3. The monoisotopic (exact) mass is 380 g/mol. The second-order valence-electron chi connectivity index (χ2n) is 7.00. The Hall–Kier alpha value is -3.08. The molecular formula is C23H19F3N2. The summed E-state index contributed by atoms with van der Waals surface area (Å²) in [4.78, 5) is 0. The second-order valence-corrected chi connectivity index (χ2v) is 7.00. The van der Waals surface area contributed by atoms with Crippen LogP contribution in [0.3, 0.4) is 0 Å². The molecule has 0 aliphatic carbocycles. The number of halogens is 3. The summed E-state index contributed by atoms with van der Waals surface area (Å²) < 4.78 is 42.3. The summed E-state index contributed by atoms with van der Waals surface area (Å²) >= 11 is 0. The highest BCUT2D eigenvalue weighted by Crippen LogP contribution is 2.38. The Morgan fingerprint density at radius 1 is 0.893 bits per heavy atom. The molecule has 0 saturated carbocycles. The van der Waals surface area contributed by atoms with Crippen molar-refractivity contribution in [1.82, 2.24) is 9.78 Å². The molecule has 4 aromatic rings. The Labute approximate surface area is 161 Å². The molecule has 0 aliphatic heterocycles. The van der Waals surface area contributed by atoms with Gasteiger partial charge in [0.05, 0.1) is 17.8 Å². The van der Waals surface area contributed by atoms with Gasteiger partial charge in [0.1, 0.15) is 5.52 Å². The molecule has 5 heteroatoms. The third-order valence-electron chi connectivity index (χ3n) is 4.94. The molecule has 0 atom stereocenters. The van der Waals surface area contributed by atoms with Gasteiger partial charge in [-0.3, -0.25) is 4.68 Å². The Morgan fingerprint density at radius 3 is 2.32 bits per heavy atom. The number of hydrogen-bond donors (Lipinski definition) is 0. The SMILES string of the molecule is Cc1ccc(Cn2nc3c(C(F)(F)F)cccc3c2-c2ccccc2)c(C)c1. The van der Waals surface area contributed by atoms with E-state index in [1.54, 1.807) is 10.7 Å². The van der Waals surface area contributed by atoms with Gasteiger partial charge in [0, 0.05) is 10.9 Å². The summed E-state index contributed by atoms with van der Waals surface area (Å²) in [6.07, 6.45) is -4.45.